The summed E-state index contributed by atoms with van der Waals surface area (Å²) >= 11 is 0. The van der Waals surface area contributed by atoms with Crippen molar-refractivity contribution in [1.29, 1.82) is 0 Å². The number of ether oxygens (including phenoxy) is 4. The first-order chi connectivity index (χ1) is 15.4. The van der Waals surface area contributed by atoms with Gasteiger partial charge in [-0.25, -0.2) is 0 Å². The van der Waals surface area contributed by atoms with Crippen LogP contribution in [0.3, 0.4) is 0 Å². The number of benzene rings is 2. The van der Waals surface area contributed by atoms with Gasteiger partial charge in [-0.1, -0.05) is 6.07 Å². The number of methoxy groups -OCH3 is 3. The molecule has 2 rings (SSSR count). The lowest BCUT2D eigenvalue weighted by molar-refractivity contribution is -0.384. The van der Waals surface area contributed by atoms with Gasteiger partial charge in [-0.05, 0) is 24.3 Å². The number of carbonyl (C=O) groups excluding carboxylic acids is 1. The highest BCUT2D eigenvalue weighted by atomic mass is 16.6. The average Bonchev–Trinajstić information content (AvgIpc) is 2.80. The van der Waals surface area contributed by atoms with Crippen molar-refractivity contribution in [2.45, 2.75) is 6.10 Å². The molecule has 1 atom stereocenters. The number of hydrogen-bond donors (Lipinski definition) is 3. The maximum absolute atomic E-state index is 12.4. The summed E-state index contributed by atoms with van der Waals surface area (Å²) in [6, 6.07) is 9.20. The zero-order valence-corrected chi connectivity index (χ0v) is 18.1. The molecule has 1 amide bonds. The lowest BCUT2D eigenvalue weighted by atomic mass is 10.1. The Labute approximate surface area is 185 Å². The number of rotatable bonds is 13. The molecule has 2 aromatic rings. The molecule has 174 valence electrons. The predicted molar refractivity (Wildman–Crippen MR) is 117 cm³/mol. The zero-order valence-electron chi connectivity index (χ0n) is 18.1. The number of amides is 1. The Hall–Kier alpha value is -3.57. The number of nitrogens with one attached hydrogen (secondary N) is 2. The summed E-state index contributed by atoms with van der Waals surface area (Å²) in [5.41, 5.74) is 0.136. The molecule has 1 unspecified atom stereocenters. The molecule has 0 saturated carbocycles. The second-order valence-electron chi connectivity index (χ2n) is 6.58. The fourth-order valence-corrected chi connectivity index (χ4v) is 2.77. The molecule has 0 radical (unpaired) electrons. The third-order valence-electron chi connectivity index (χ3n) is 4.38. The van der Waals surface area contributed by atoms with E-state index in [1.165, 1.54) is 39.5 Å². The molecule has 3 N–H and O–H groups in total. The van der Waals surface area contributed by atoms with Gasteiger partial charge in [0.1, 0.15) is 18.4 Å². The van der Waals surface area contributed by atoms with Crippen LogP contribution in [0.2, 0.25) is 0 Å². The molecule has 11 heteroatoms. The molecule has 32 heavy (non-hydrogen) atoms. The summed E-state index contributed by atoms with van der Waals surface area (Å²) in [6.45, 7) is 0.490. The fourth-order valence-electron chi connectivity index (χ4n) is 2.77. The van der Waals surface area contributed by atoms with Gasteiger partial charge in [0.2, 0.25) is 5.75 Å². The third-order valence-corrected chi connectivity index (χ3v) is 4.38. The molecule has 0 saturated heterocycles. The number of hydrogen-bond acceptors (Lipinski definition) is 9. The summed E-state index contributed by atoms with van der Waals surface area (Å²) in [7, 11) is 4.49. The monoisotopic (exact) mass is 449 g/mol. The van der Waals surface area contributed by atoms with E-state index in [9.17, 15) is 20.0 Å². The Morgan fingerprint density at radius 3 is 2.44 bits per heavy atom. The highest BCUT2D eigenvalue weighted by Crippen LogP contribution is 2.36. The van der Waals surface area contributed by atoms with E-state index < -0.39 is 16.9 Å². The molecule has 0 heterocycles. The molecule has 0 aliphatic rings. The molecule has 0 aliphatic heterocycles. The SMILES string of the molecule is COCCNc1ccc(C(=O)NCC(O)COc2c(OC)cccc2OC)cc1[N+](=O)[O-]. The number of carbonyl (C=O) groups is 1. The number of nitrogens with zero attached hydrogens (tertiary/aromatic N) is 1. The van der Waals surface area contributed by atoms with Crippen LogP contribution in [0, 0.1) is 10.1 Å². The van der Waals surface area contributed by atoms with Gasteiger partial charge in [-0.2, -0.15) is 0 Å². The number of nitro benzene ring substituents is 1. The summed E-state index contributed by atoms with van der Waals surface area (Å²) in [4.78, 5) is 23.2. The number of nitro groups is 1. The van der Waals surface area contributed by atoms with E-state index in [2.05, 4.69) is 10.6 Å². The standard InChI is InChI=1S/C21H27N3O8/c1-29-10-9-22-16-8-7-14(11-17(16)24(27)28)21(26)23-12-15(25)13-32-20-18(30-2)5-4-6-19(20)31-3/h4-8,11,15,22,25H,9-10,12-13H2,1-3H3,(H,23,26). The summed E-state index contributed by atoms with van der Waals surface area (Å²) in [5, 5.41) is 27.0. The van der Waals surface area contributed by atoms with E-state index in [0.29, 0.717) is 30.4 Å². The van der Waals surface area contributed by atoms with E-state index in [0.717, 1.165) is 0 Å². The van der Waals surface area contributed by atoms with Crippen molar-refractivity contribution in [1.82, 2.24) is 5.32 Å². The van der Waals surface area contributed by atoms with Crippen LogP contribution in [0.5, 0.6) is 17.2 Å². The van der Waals surface area contributed by atoms with Crippen LogP contribution in [0.25, 0.3) is 0 Å². The first kappa shape index (κ1) is 24.7. The van der Waals surface area contributed by atoms with E-state index in [1.807, 2.05) is 0 Å². The topological polar surface area (TPSA) is 141 Å². The van der Waals surface area contributed by atoms with Crippen LogP contribution >= 0.6 is 0 Å². The van der Waals surface area contributed by atoms with Crippen LogP contribution in [-0.2, 0) is 4.74 Å². The van der Waals surface area contributed by atoms with Gasteiger partial charge in [0.15, 0.2) is 11.5 Å². The van der Waals surface area contributed by atoms with Gasteiger partial charge in [0, 0.05) is 31.8 Å². The van der Waals surface area contributed by atoms with Gasteiger partial charge < -0.3 is 34.7 Å². The summed E-state index contributed by atoms with van der Waals surface area (Å²) in [5.74, 6) is 0.639. The zero-order chi connectivity index (χ0) is 23.5. The number of aliphatic hydroxyl groups is 1. The van der Waals surface area contributed by atoms with Crippen LogP contribution < -0.4 is 24.8 Å². The van der Waals surface area contributed by atoms with Crippen molar-refractivity contribution < 1.29 is 33.8 Å². The van der Waals surface area contributed by atoms with E-state index in [1.54, 1.807) is 18.2 Å². The van der Waals surface area contributed by atoms with Crippen molar-refractivity contribution in [3.05, 3.63) is 52.1 Å². The smallest absolute Gasteiger partial charge is 0.293 e. The highest BCUT2D eigenvalue weighted by Gasteiger charge is 2.19. The van der Waals surface area contributed by atoms with Crippen molar-refractivity contribution in [2.75, 3.05) is 52.9 Å². The number of para-hydroxylation sites is 1. The maximum Gasteiger partial charge on any atom is 0.293 e. The minimum Gasteiger partial charge on any atom is -0.493 e. The lowest BCUT2D eigenvalue weighted by Crippen LogP contribution is -2.35. The van der Waals surface area contributed by atoms with Gasteiger partial charge in [0.05, 0.1) is 25.7 Å². The first-order valence-corrected chi connectivity index (χ1v) is 9.72. The largest absolute Gasteiger partial charge is 0.493 e. The minimum atomic E-state index is -1.04. The van der Waals surface area contributed by atoms with Crippen LogP contribution in [0.4, 0.5) is 11.4 Å². The summed E-state index contributed by atoms with van der Waals surface area (Å²) < 4.78 is 21.0. The molecular weight excluding hydrogens is 422 g/mol. The second kappa shape index (κ2) is 12.3. The fraction of sp³-hybridized carbons (Fsp3) is 0.381. The predicted octanol–water partition coefficient (Wildman–Crippen LogP) is 1.84. The minimum absolute atomic E-state index is 0.0912. The van der Waals surface area contributed by atoms with E-state index >= 15 is 0 Å². The summed E-state index contributed by atoms with van der Waals surface area (Å²) in [6.07, 6.45) is -1.04. The quantitative estimate of drug-likeness (QED) is 0.237. The van der Waals surface area contributed by atoms with Gasteiger partial charge in [-0.3, -0.25) is 14.9 Å². The maximum atomic E-state index is 12.4. The molecule has 11 nitrogen and oxygen atoms in total. The van der Waals surface area contributed by atoms with Crippen molar-refractivity contribution in [3.8, 4) is 17.2 Å². The van der Waals surface area contributed by atoms with Crippen molar-refractivity contribution in [3.63, 3.8) is 0 Å². The second-order valence-corrected chi connectivity index (χ2v) is 6.58. The average molecular weight is 449 g/mol. The number of anilines is 1. The molecule has 0 fully saturated rings. The molecule has 0 bridgehead atoms. The van der Waals surface area contributed by atoms with Gasteiger partial charge >= 0.3 is 0 Å². The van der Waals surface area contributed by atoms with Crippen molar-refractivity contribution >= 4 is 17.3 Å². The number of aliphatic hydroxyl groups excluding tert-OH is 1. The molecule has 2 aromatic carbocycles. The Balaban J connectivity index is 1.96. The Kier molecular flexibility index (Phi) is 9.51. The van der Waals surface area contributed by atoms with Crippen LogP contribution in [0.15, 0.2) is 36.4 Å². The highest BCUT2D eigenvalue weighted by molar-refractivity contribution is 5.95. The molecular formula is C21H27N3O8. The Morgan fingerprint density at radius 1 is 1.16 bits per heavy atom. The van der Waals surface area contributed by atoms with E-state index in [-0.39, 0.29) is 30.1 Å². The Morgan fingerprint density at radius 2 is 1.84 bits per heavy atom. The van der Waals surface area contributed by atoms with Crippen LogP contribution in [0.1, 0.15) is 10.4 Å². The molecule has 0 spiro atoms. The lowest BCUT2D eigenvalue weighted by Gasteiger charge is -2.17. The van der Waals surface area contributed by atoms with E-state index in [4.69, 9.17) is 18.9 Å². The molecule has 0 aromatic heterocycles. The van der Waals surface area contributed by atoms with Crippen LogP contribution in [-0.4, -0.2) is 69.7 Å². The van der Waals surface area contributed by atoms with Crippen molar-refractivity contribution in [2.24, 2.45) is 0 Å². The normalized spacial score (nSPS) is 11.4. The van der Waals surface area contributed by atoms with Gasteiger partial charge in [0.25, 0.3) is 11.6 Å². The molecule has 0 aliphatic carbocycles. The first-order valence-electron chi connectivity index (χ1n) is 9.72. The van der Waals surface area contributed by atoms with Gasteiger partial charge in [-0.15, -0.1) is 0 Å². The Bertz CT molecular complexity index is 900. The third kappa shape index (κ3) is 6.72.